The number of hydrogen-bond donors (Lipinski definition) is 1. The van der Waals surface area contributed by atoms with Crippen LogP contribution < -0.4 is 10.1 Å². The molecule has 3 saturated carbocycles. The molecule has 1 atom stereocenters. The van der Waals surface area contributed by atoms with Crippen LogP contribution in [0.2, 0.25) is 0 Å². The molecule has 0 radical (unpaired) electrons. The first-order chi connectivity index (χ1) is 19.6. The highest BCUT2D eigenvalue weighted by molar-refractivity contribution is 5.99. The number of carbonyl (C=O) groups excluding carboxylic acids is 1. The van der Waals surface area contributed by atoms with Crippen molar-refractivity contribution in [2.45, 2.75) is 64.1 Å². The Kier molecular flexibility index (Phi) is 5.54. The van der Waals surface area contributed by atoms with Crippen molar-refractivity contribution >= 4 is 17.9 Å². The van der Waals surface area contributed by atoms with Gasteiger partial charge in [-0.05, 0) is 87.8 Å². The topological polar surface area (TPSA) is 133 Å². The minimum absolute atomic E-state index is 0.150. The number of hydrogen-bond acceptors (Lipinski definition) is 9. The standard InChI is InChI=1S/C31H32N6O4/c1-19-11-21(5-4-8-32)12-20(2)24(19)41-25-22-23(34-27(35-25)36-31-13-30(14-31,15-31)16-33)26(38)37-17-29(6-9-39-10-7-29)18-40-28(22,37)3/h4-5,11-12H,6-7,9-10,13-15,17-18H2,1-3H3,(H,34,35,36)/b5-4+. The SMILES string of the molecule is Cc1cc(/C=C/C#N)cc(C)c1Oc1nc(NC23CC(C#N)(C2)C3)nc2c1C1(C)OCC3(CCOCC3)CN1C2=O. The molecule has 4 heterocycles. The largest absolute Gasteiger partial charge is 0.438 e. The van der Waals surface area contributed by atoms with Crippen LogP contribution in [0.1, 0.15) is 71.8 Å². The van der Waals surface area contributed by atoms with E-state index < -0.39 is 5.72 Å². The van der Waals surface area contributed by atoms with Crippen molar-refractivity contribution in [3.05, 3.63) is 46.2 Å². The Labute approximate surface area is 238 Å². The van der Waals surface area contributed by atoms with E-state index in [0.29, 0.717) is 43.6 Å². The molecule has 1 aromatic carbocycles. The molecule has 2 bridgehead atoms. The summed E-state index contributed by atoms with van der Waals surface area (Å²) in [5, 5.41) is 21.9. The van der Waals surface area contributed by atoms with Crippen LogP contribution in [0, 0.1) is 47.3 Å². The second kappa shape index (κ2) is 8.75. The lowest BCUT2D eigenvalue weighted by atomic mass is 9.40. The fourth-order valence-electron chi connectivity index (χ4n) is 7.50. The summed E-state index contributed by atoms with van der Waals surface area (Å²) in [4.78, 5) is 25.4. The van der Waals surface area contributed by atoms with E-state index in [1.807, 2.05) is 39.0 Å². The number of allylic oxidation sites excluding steroid dienone is 1. The van der Waals surface area contributed by atoms with Gasteiger partial charge in [-0.25, -0.2) is 4.98 Å². The number of ether oxygens (including phenoxy) is 3. The minimum atomic E-state index is -1.07. The van der Waals surface area contributed by atoms with Crippen molar-refractivity contribution in [1.82, 2.24) is 14.9 Å². The molecule has 8 rings (SSSR count). The highest BCUT2D eigenvalue weighted by Gasteiger charge is 2.69. The van der Waals surface area contributed by atoms with Crippen LogP contribution in [0.15, 0.2) is 18.2 Å². The first kappa shape index (κ1) is 25.9. The molecule has 5 fully saturated rings. The van der Waals surface area contributed by atoms with Crippen LogP contribution in [0.3, 0.4) is 0 Å². The molecule has 10 nitrogen and oxygen atoms in total. The minimum Gasteiger partial charge on any atom is -0.438 e. The predicted molar refractivity (Wildman–Crippen MR) is 148 cm³/mol. The highest BCUT2D eigenvalue weighted by atomic mass is 16.5. The quantitative estimate of drug-likeness (QED) is 0.522. The molecule has 3 aliphatic carbocycles. The lowest BCUT2D eigenvalue weighted by Gasteiger charge is -2.66. The van der Waals surface area contributed by atoms with Crippen molar-refractivity contribution < 1.29 is 19.0 Å². The Hall–Kier alpha value is -3.99. The maximum absolute atomic E-state index is 14.0. The summed E-state index contributed by atoms with van der Waals surface area (Å²) in [5.74, 6) is 1.05. The molecule has 210 valence electrons. The van der Waals surface area contributed by atoms with E-state index in [-0.39, 0.29) is 33.9 Å². The summed E-state index contributed by atoms with van der Waals surface area (Å²) in [6, 6.07) is 8.36. The van der Waals surface area contributed by atoms with Crippen LogP contribution in [-0.4, -0.2) is 52.7 Å². The van der Waals surface area contributed by atoms with E-state index in [1.54, 1.807) is 11.0 Å². The van der Waals surface area contributed by atoms with Gasteiger partial charge in [-0.2, -0.15) is 15.5 Å². The Morgan fingerprint density at radius 1 is 1.12 bits per heavy atom. The van der Waals surface area contributed by atoms with E-state index in [1.165, 1.54) is 6.08 Å². The monoisotopic (exact) mass is 552 g/mol. The molecule has 1 spiro atoms. The molecule has 3 aliphatic heterocycles. The first-order valence-electron chi connectivity index (χ1n) is 14.1. The van der Waals surface area contributed by atoms with Gasteiger partial charge >= 0.3 is 0 Å². The number of aromatic nitrogens is 2. The zero-order valence-electron chi connectivity index (χ0n) is 23.5. The molecule has 2 aromatic rings. The van der Waals surface area contributed by atoms with Crippen LogP contribution in [0.4, 0.5) is 5.95 Å². The third kappa shape index (κ3) is 3.85. The van der Waals surface area contributed by atoms with Gasteiger partial charge in [0.05, 0.1) is 29.7 Å². The molecule has 1 amide bonds. The van der Waals surface area contributed by atoms with Gasteiger partial charge in [0.25, 0.3) is 5.91 Å². The van der Waals surface area contributed by atoms with Gasteiger partial charge in [0.1, 0.15) is 11.4 Å². The van der Waals surface area contributed by atoms with Gasteiger partial charge in [0, 0.05) is 36.8 Å². The van der Waals surface area contributed by atoms with E-state index in [9.17, 15) is 10.1 Å². The van der Waals surface area contributed by atoms with Crippen LogP contribution >= 0.6 is 0 Å². The van der Waals surface area contributed by atoms with Crippen LogP contribution in [0.25, 0.3) is 6.08 Å². The molecule has 10 heteroatoms. The summed E-state index contributed by atoms with van der Waals surface area (Å²) in [6.07, 6.45) is 7.10. The maximum atomic E-state index is 14.0. The van der Waals surface area contributed by atoms with Crippen molar-refractivity contribution in [2.24, 2.45) is 10.8 Å². The number of aryl methyl sites for hydroxylation is 2. The van der Waals surface area contributed by atoms with Crippen LogP contribution in [-0.2, 0) is 15.2 Å². The van der Waals surface area contributed by atoms with Gasteiger partial charge in [0.2, 0.25) is 11.8 Å². The summed E-state index contributed by atoms with van der Waals surface area (Å²) in [7, 11) is 0. The number of nitrogens with one attached hydrogen (secondary N) is 1. The Balaban J connectivity index is 1.29. The van der Waals surface area contributed by atoms with Crippen molar-refractivity contribution in [2.75, 3.05) is 31.7 Å². The van der Waals surface area contributed by atoms with E-state index >= 15 is 0 Å². The van der Waals surface area contributed by atoms with Crippen LogP contribution in [0.5, 0.6) is 11.6 Å². The van der Waals surface area contributed by atoms with Crippen molar-refractivity contribution in [1.29, 1.82) is 10.5 Å². The molecular formula is C31H32N6O4. The molecule has 1 N–H and O–H groups in total. The first-order valence-corrected chi connectivity index (χ1v) is 14.1. The zero-order valence-corrected chi connectivity index (χ0v) is 23.5. The third-order valence-electron chi connectivity index (χ3n) is 9.69. The average molecular weight is 553 g/mol. The van der Waals surface area contributed by atoms with Gasteiger partial charge < -0.3 is 24.4 Å². The number of anilines is 1. The molecule has 6 aliphatic rings. The average Bonchev–Trinajstić information content (AvgIpc) is 3.13. The summed E-state index contributed by atoms with van der Waals surface area (Å²) < 4.78 is 18.8. The lowest BCUT2D eigenvalue weighted by molar-refractivity contribution is -0.215. The predicted octanol–water partition coefficient (Wildman–Crippen LogP) is 4.74. The van der Waals surface area contributed by atoms with E-state index in [0.717, 1.165) is 48.8 Å². The fraction of sp³-hybridized carbons (Fsp3) is 0.516. The summed E-state index contributed by atoms with van der Waals surface area (Å²) in [5.41, 5.74) is 1.78. The number of amides is 1. The lowest BCUT2D eigenvalue weighted by Crippen LogP contribution is -2.70. The van der Waals surface area contributed by atoms with Crippen molar-refractivity contribution in [3.63, 3.8) is 0 Å². The molecular weight excluding hydrogens is 520 g/mol. The molecule has 2 saturated heterocycles. The summed E-state index contributed by atoms with van der Waals surface area (Å²) >= 11 is 0. The number of benzene rings is 1. The number of fused-ring (bicyclic) bond motifs is 3. The molecule has 1 unspecified atom stereocenters. The smallest absolute Gasteiger partial charge is 0.275 e. The van der Waals surface area contributed by atoms with Gasteiger partial charge in [0.15, 0.2) is 5.72 Å². The Morgan fingerprint density at radius 3 is 2.49 bits per heavy atom. The Bertz CT molecular complexity index is 1550. The van der Waals surface area contributed by atoms with Gasteiger partial charge in [-0.3, -0.25) is 4.79 Å². The number of nitrogens with zero attached hydrogens (tertiary/aromatic N) is 5. The molecule has 1 aromatic heterocycles. The molecule has 41 heavy (non-hydrogen) atoms. The zero-order chi connectivity index (χ0) is 28.6. The Morgan fingerprint density at radius 2 is 1.83 bits per heavy atom. The highest BCUT2D eigenvalue weighted by Crippen LogP contribution is 2.68. The second-order valence-corrected chi connectivity index (χ2v) is 12.7. The number of carbonyl (C=O) groups is 1. The van der Waals surface area contributed by atoms with E-state index in [4.69, 9.17) is 29.4 Å². The second-order valence-electron chi connectivity index (χ2n) is 12.7. The van der Waals surface area contributed by atoms with Gasteiger partial charge in [-0.1, -0.05) is 0 Å². The number of rotatable bonds is 5. The number of nitriles is 2. The van der Waals surface area contributed by atoms with Crippen molar-refractivity contribution in [3.8, 4) is 23.8 Å². The normalized spacial score (nSPS) is 30.6. The maximum Gasteiger partial charge on any atom is 0.275 e. The fourth-order valence-corrected chi connectivity index (χ4v) is 7.50. The van der Waals surface area contributed by atoms with E-state index in [2.05, 4.69) is 11.4 Å². The third-order valence-corrected chi connectivity index (χ3v) is 9.69. The van der Waals surface area contributed by atoms with Gasteiger partial charge in [-0.15, -0.1) is 0 Å². The summed E-state index contributed by atoms with van der Waals surface area (Å²) in [6.45, 7) is 8.16.